The van der Waals surface area contributed by atoms with Gasteiger partial charge in [-0.2, -0.15) is 4.99 Å². The number of nitrogens with one attached hydrogen (secondary N) is 1. The second-order valence-electron chi connectivity index (χ2n) is 8.06. The molecule has 8 nitrogen and oxygen atoms in total. The van der Waals surface area contributed by atoms with E-state index in [0.717, 1.165) is 16.9 Å². The first kappa shape index (κ1) is 18.0. The molecule has 0 radical (unpaired) electrons. The maximum absolute atomic E-state index is 13.6. The van der Waals surface area contributed by atoms with Gasteiger partial charge >= 0.3 is 0 Å². The highest BCUT2D eigenvalue weighted by Crippen LogP contribution is 2.33. The molecule has 0 aliphatic carbocycles. The van der Waals surface area contributed by atoms with E-state index in [9.17, 15) is 14.0 Å². The van der Waals surface area contributed by atoms with Gasteiger partial charge in [-0.05, 0) is 32.0 Å². The molecule has 1 N–H and O–H groups in total. The number of hydrogen-bond donors (Lipinski definition) is 1. The summed E-state index contributed by atoms with van der Waals surface area (Å²) in [5, 5.41) is 0. The number of likely N-dealkylation sites (tertiary alicyclic amines) is 2. The summed E-state index contributed by atoms with van der Waals surface area (Å²) in [6, 6.07) is 5.53. The molecule has 150 valence electrons. The summed E-state index contributed by atoms with van der Waals surface area (Å²) in [4.78, 5) is 44.0. The van der Waals surface area contributed by atoms with E-state index < -0.39 is 12.1 Å². The molecule has 1 aromatic carbocycles. The maximum atomic E-state index is 13.6. The Morgan fingerprint density at radius 3 is 2.55 bits per heavy atom. The highest BCUT2D eigenvalue weighted by molar-refractivity contribution is 6.16. The number of halogens is 1. The molecule has 5 rings (SSSR count). The van der Waals surface area contributed by atoms with E-state index in [1.54, 1.807) is 0 Å². The normalized spacial score (nSPS) is 26.7. The quantitative estimate of drug-likeness (QED) is 0.792. The number of rotatable bonds is 1. The lowest BCUT2D eigenvalue weighted by Gasteiger charge is -2.24. The van der Waals surface area contributed by atoms with Gasteiger partial charge in [0.05, 0.1) is 16.7 Å². The van der Waals surface area contributed by atoms with Gasteiger partial charge in [0.2, 0.25) is 12.1 Å². The summed E-state index contributed by atoms with van der Waals surface area (Å²) in [7, 11) is 0. The van der Waals surface area contributed by atoms with Crippen LogP contribution in [-0.2, 0) is 4.79 Å². The molecule has 2 fully saturated rings. The number of nitrogens with zero attached hydrogens (tertiary/aromatic N) is 5. The topological polar surface area (TPSA) is 94.0 Å². The van der Waals surface area contributed by atoms with Gasteiger partial charge in [-0.25, -0.2) is 14.4 Å². The SMILES string of the molecule is CC1=NC(N2CC3CN(C(=O)c4ccc5nc(C)[nH]c5c4)CC3C2)=NC(=O)C1F. The van der Waals surface area contributed by atoms with Gasteiger partial charge in [-0.3, -0.25) is 9.59 Å². The molecule has 29 heavy (non-hydrogen) atoms. The Morgan fingerprint density at radius 2 is 1.86 bits per heavy atom. The molecule has 2 aromatic rings. The van der Waals surface area contributed by atoms with Crippen LogP contribution in [0.3, 0.4) is 0 Å². The lowest BCUT2D eigenvalue weighted by Crippen LogP contribution is -2.38. The highest BCUT2D eigenvalue weighted by atomic mass is 19.1. The summed E-state index contributed by atoms with van der Waals surface area (Å²) in [5.41, 5.74) is 2.51. The number of carbonyl (C=O) groups is 2. The van der Waals surface area contributed by atoms with Crippen molar-refractivity contribution < 1.29 is 14.0 Å². The van der Waals surface area contributed by atoms with Crippen LogP contribution in [0.15, 0.2) is 28.2 Å². The Labute approximate surface area is 166 Å². The zero-order valence-electron chi connectivity index (χ0n) is 16.2. The number of alkyl halides is 1. The molecule has 0 spiro atoms. The average molecular weight is 396 g/mol. The second-order valence-corrected chi connectivity index (χ2v) is 8.06. The number of guanidine groups is 1. The number of H-pyrrole nitrogens is 1. The molecule has 2 amide bonds. The van der Waals surface area contributed by atoms with Crippen LogP contribution in [-0.4, -0.2) is 75.6 Å². The third-order valence-electron chi connectivity index (χ3n) is 5.97. The molecule has 3 aliphatic rings. The van der Waals surface area contributed by atoms with E-state index in [-0.39, 0.29) is 23.5 Å². The van der Waals surface area contributed by atoms with Gasteiger partial charge in [0.1, 0.15) is 5.82 Å². The van der Waals surface area contributed by atoms with E-state index in [1.165, 1.54) is 6.92 Å². The number of aromatic amines is 1. The van der Waals surface area contributed by atoms with Crippen molar-refractivity contribution in [2.24, 2.45) is 21.8 Å². The number of hydrogen-bond acceptors (Lipinski definition) is 5. The smallest absolute Gasteiger partial charge is 0.289 e. The predicted octanol–water partition coefficient (Wildman–Crippen LogP) is 1.57. The summed E-state index contributed by atoms with van der Waals surface area (Å²) < 4.78 is 13.6. The summed E-state index contributed by atoms with van der Waals surface area (Å²) in [6.07, 6.45) is -1.73. The molecule has 4 heterocycles. The van der Waals surface area contributed by atoms with Crippen molar-refractivity contribution in [2.75, 3.05) is 26.2 Å². The Hall–Kier alpha value is -3.10. The van der Waals surface area contributed by atoms with E-state index >= 15 is 0 Å². The number of amides is 2. The number of benzene rings is 1. The third kappa shape index (κ3) is 3.01. The third-order valence-corrected chi connectivity index (χ3v) is 5.97. The first-order valence-electron chi connectivity index (χ1n) is 9.71. The predicted molar refractivity (Wildman–Crippen MR) is 106 cm³/mol. The number of fused-ring (bicyclic) bond motifs is 2. The minimum atomic E-state index is -1.73. The first-order valence-corrected chi connectivity index (χ1v) is 9.71. The molecule has 3 atom stereocenters. The second kappa shape index (κ2) is 6.47. The fourth-order valence-corrected chi connectivity index (χ4v) is 4.49. The van der Waals surface area contributed by atoms with Crippen molar-refractivity contribution in [3.05, 3.63) is 29.6 Å². The number of aromatic nitrogens is 2. The number of aryl methyl sites for hydroxylation is 1. The Morgan fingerprint density at radius 1 is 1.14 bits per heavy atom. The molecular weight excluding hydrogens is 375 g/mol. The lowest BCUT2D eigenvalue weighted by atomic mass is 10.0. The Kier molecular flexibility index (Phi) is 4.01. The van der Waals surface area contributed by atoms with Crippen LogP contribution >= 0.6 is 0 Å². The number of carbonyl (C=O) groups excluding carboxylic acids is 2. The first-order chi connectivity index (χ1) is 13.9. The Bertz CT molecular complexity index is 1080. The lowest BCUT2D eigenvalue weighted by molar-refractivity contribution is -0.120. The molecule has 1 aromatic heterocycles. The largest absolute Gasteiger partial charge is 0.342 e. The van der Waals surface area contributed by atoms with Crippen LogP contribution in [0.1, 0.15) is 23.1 Å². The van der Waals surface area contributed by atoms with Crippen LogP contribution < -0.4 is 0 Å². The summed E-state index contributed by atoms with van der Waals surface area (Å²) >= 11 is 0. The van der Waals surface area contributed by atoms with E-state index in [4.69, 9.17) is 0 Å². The molecule has 0 saturated carbocycles. The minimum Gasteiger partial charge on any atom is -0.342 e. The van der Waals surface area contributed by atoms with Crippen molar-refractivity contribution >= 4 is 34.5 Å². The minimum absolute atomic E-state index is 0.0134. The van der Waals surface area contributed by atoms with Crippen molar-refractivity contribution in [1.29, 1.82) is 0 Å². The van der Waals surface area contributed by atoms with Gasteiger partial charge in [-0.1, -0.05) is 0 Å². The van der Waals surface area contributed by atoms with Gasteiger partial charge in [0.25, 0.3) is 11.8 Å². The molecule has 9 heteroatoms. The zero-order valence-corrected chi connectivity index (χ0v) is 16.2. The standard InChI is InChI=1S/C20H21FN6O2/c1-10-17(21)18(28)25-20(22-10)27-8-13-6-26(7-14(13)9-27)19(29)12-3-4-15-16(5-12)24-11(2)23-15/h3-5,13-14,17H,6-9H2,1-2H3,(H,23,24). The zero-order chi connectivity index (χ0) is 20.3. The van der Waals surface area contributed by atoms with E-state index in [1.807, 2.05) is 34.9 Å². The number of imidazole rings is 1. The van der Waals surface area contributed by atoms with E-state index in [0.29, 0.717) is 37.7 Å². The molecule has 3 unspecified atom stereocenters. The van der Waals surface area contributed by atoms with Crippen LogP contribution in [0, 0.1) is 18.8 Å². The maximum Gasteiger partial charge on any atom is 0.289 e. The average Bonchev–Trinajstić information content (AvgIpc) is 3.36. The van der Waals surface area contributed by atoms with Crippen molar-refractivity contribution in [2.45, 2.75) is 20.0 Å². The molecular formula is C20H21FN6O2. The van der Waals surface area contributed by atoms with Crippen LogP contribution in [0.5, 0.6) is 0 Å². The fraction of sp³-hybridized carbons (Fsp3) is 0.450. The van der Waals surface area contributed by atoms with Crippen LogP contribution in [0.2, 0.25) is 0 Å². The van der Waals surface area contributed by atoms with Gasteiger partial charge in [0, 0.05) is 43.6 Å². The Balaban J connectivity index is 1.28. The van der Waals surface area contributed by atoms with Gasteiger partial charge < -0.3 is 14.8 Å². The van der Waals surface area contributed by atoms with E-state index in [2.05, 4.69) is 20.0 Å². The van der Waals surface area contributed by atoms with Crippen LogP contribution in [0.25, 0.3) is 11.0 Å². The molecule has 2 saturated heterocycles. The molecule has 0 bridgehead atoms. The van der Waals surface area contributed by atoms with Gasteiger partial charge in [-0.15, -0.1) is 0 Å². The summed E-state index contributed by atoms with van der Waals surface area (Å²) in [5.74, 6) is 0.919. The monoisotopic (exact) mass is 396 g/mol. The van der Waals surface area contributed by atoms with Crippen molar-refractivity contribution in [3.63, 3.8) is 0 Å². The highest BCUT2D eigenvalue weighted by Gasteiger charge is 2.43. The number of aliphatic imine (C=N–C) groups is 2. The van der Waals surface area contributed by atoms with Crippen molar-refractivity contribution in [3.8, 4) is 0 Å². The summed E-state index contributed by atoms with van der Waals surface area (Å²) in [6.45, 7) is 6.01. The fourth-order valence-electron chi connectivity index (χ4n) is 4.49. The van der Waals surface area contributed by atoms with Crippen molar-refractivity contribution in [1.82, 2.24) is 19.8 Å². The molecule has 3 aliphatic heterocycles. The van der Waals surface area contributed by atoms with Gasteiger partial charge in [0.15, 0.2) is 0 Å². The van der Waals surface area contributed by atoms with Crippen LogP contribution in [0.4, 0.5) is 4.39 Å².